The van der Waals surface area contributed by atoms with Gasteiger partial charge in [0.25, 0.3) is 0 Å². The number of quaternary nitrogens is 1. The summed E-state index contributed by atoms with van der Waals surface area (Å²) in [5.41, 5.74) is 1.75. The molecule has 0 aliphatic rings. The number of benzene rings is 1. The van der Waals surface area contributed by atoms with Crippen LogP contribution >= 0.6 is 31.9 Å². The molecular weight excluding hydrogens is 382 g/mol. The highest BCUT2D eigenvalue weighted by Gasteiger charge is 2.28. The van der Waals surface area contributed by atoms with Crippen LogP contribution in [0.4, 0.5) is 0 Å². The van der Waals surface area contributed by atoms with Crippen LogP contribution in [0.15, 0.2) is 21.1 Å². The van der Waals surface area contributed by atoms with Crippen LogP contribution in [0, 0.1) is 5.41 Å². The summed E-state index contributed by atoms with van der Waals surface area (Å²) in [6.45, 7) is 12.4. The average molecular weight is 408 g/mol. The molecule has 0 atom stereocenters. The standard InChI is InChI=1S/C16H25Br2NO/c1-15(2,3)10-16(4,5)19-9-11-7-12(17)8-13(18)14(11)20-6/h7-8,19H,9-10H2,1-6H3/p+1. The zero-order valence-electron chi connectivity index (χ0n) is 13.3. The van der Waals surface area contributed by atoms with Crippen molar-refractivity contribution >= 4 is 31.9 Å². The molecule has 2 N–H and O–H groups in total. The smallest absolute Gasteiger partial charge is 0.141 e. The first-order chi connectivity index (χ1) is 9.04. The van der Waals surface area contributed by atoms with E-state index >= 15 is 0 Å². The van der Waals surface area contributed by atoms with E-state index in [9.17, 15) is 0 Å². The molecule has 1 rings (SSSR count). The Morgan fingerprint density at radius 3 is 2.20 bits per heavy atom. The molecule has 0 radical (unpaired) electrons. The minimum Gasteiger partial charge on any atom is -0.495 e. The third-order valence-electron chi connectivity index (χ3n) is 3.15. The molecule has 20 heavy (non-hydrogen) atoms. The molecule has 0 saturated carbocycles. The van der Waals surface area contributed by atoms with Crippen molar-refractivity contribution in [1.29, 1.82) is 0 Å². The van der Waals surface area contributed by atoms with Gasteiger partial charge in [-0.05, 0) is 47.3 Å². The Hall–Kier alpha value is -0.0600. The number of hydrogen-bond acceptors (Lipinski definition) is 1. The Bertz CT molecular complexity index is 464. The van der Waals surface area contributed by atoms with Crippen molar-refractivity contribution in [1.82, 2.24) is 0 Å². The quantitative estimate of drug-likeness (QED) is 0.763. The van der Waals surface area contributed by atoms with E-state index < -0.39 is 0 Å². The molecule has 0 saturated heterocycles. The molecule has 0 amide bonds. The predicted octanol–water partition coefficient (Wildman–Crippen LogP) is 4.50. The van der Waals surface area contributed by atoms with E-state index in [-0.39, 0.29) is 5.54 Å². The Kier molecular flexibility index (Phi) is 6.12. The number of hydrogen-bond donors (Lipinski definition) is 1. The highest BCUT2D eigenvalue weighted by atomic mass is 79.9. The lowest BCUT2D eigenvalue weighted by atomic mass is 9.82. The van der Waals surface area contributed by atoms with E-state index in [2.05, 4.69) is 77.9 Å². The Morgan fingerprint density at radius 2 is 1.70 bits per heavy atom. The molecule has 2 nitrogen and oxygen atoms in total. The number of halogens is 2. The summed E-state index contributed by atoms with van der Waals surface area (Å²) in [5, 5.41) is 2.40. The average Bonchev–Trinajstić information content (AvgIpc) is 2.22. The Morgan fingerprint density at radius 1 is 1.10 bits per heavy atom. The van der Waals surface area contributed by atoms with Crippen molar-refractivity contribution in [2.75, 3.05) is 7.11 Å². The topological polar surface area (TPSA) is 25.8 Å². The van der Waals surface area contributed by atoms with Crippen molar-refractivity contribution in [2.24, 2.45) is 5.41 Å². The monoisotopic (exact) mass is 406 g/mol. The van der Waals surface area contributed by atoms with Gasteiger partial charge in [-0.3, -0.25) is 0 Å². The van der Waals surface area contributed by atoms with Gasteiger partial charge in [0.15, 0.2) is 0 Å². The van der Waals surface area contributed by atoms with Crippen molar-refractivity contribution in [2.45, 2.75) is 53.1 Å². The maximum atomic E-state index is 5.51. The Labute approximate surface area is 139 Å². The third-order valence-corrected chi connectivity index (χ3v) is 4.20. The zero-order chi connectivity index (χ0) is 15.6. The van der Waals surface area contributed by atoms with Crippen LogP contribution in [-0.4, -0.2) is 12.6 Å². The van der Waals surface area contributed by atoms with Crippen molar-refractivity contribution in [3.8, 4) is 5.75 Å². The largest absolute Gasteiger partial charge is 0.495 e. The van der Waals surface area contributed by atoms with Crippen LogP contribution in [0.25, 0.3) is 0 Å². The molecule has 0 fully saturated rings. The first-order valence-electron chi connectivity index (χ1n) is 6.90. The molecule has 0 unspecified atom stereocenters. The van der Waals surface area contributed by atoms with Crippen LogP contribution < -0.4 is 10.1 Å². The fraction of sp³-hybridized carbons (Fsp3) is 0.625. The minimum atomic E-state index is 0.206. The highest BCUT2D eigenvalue weighted by Crippen LogP contribution is 2.32. The van der Waals surface area contributed by atoms with Crippen LogP contribution in [0.5, 0.6) is 5.75 Å². The molecule has 4 heteroatoms. The van der Waals surface area contributed by atoms with Gasteiger partial charge in [0.1, 0.15) is 12.3 Å². The maximum absolute atomic E-state index is 5.51. The van der Waals surface area contributed by atoms with Gasteiger partial charge in [0.2, 0.25) is 0 Å². The van der Waals surface area contributed by atoms with Crippen LogP contribution in [0.2, 0.25) is 0 Å². The number of methoxy groups -OCH3 is 1. The van der Waals surface area contributed by atoms with Gasteiger partial charge in [0, 0.05) is 10.9 Å². The SMILES string of the molecule is COc1c(Br)cc(Br)cc1C[NH2+]C(C)(C)CC(C)(C)C. The maximum Gasteiger partial charge on any atom is 0.141 e. The molecule has 0 heterocycles. The Balaban J connectivity index is 2.84. The van der Waals surface area contributed by atoms with E-state index in [1.165, 1.54) is 5.56 Å². The number of nitrogens with two attached hydrogens (primary N) is 1. The predicted molar refractivity (Wildman–Crippen MR) is 92.2 cm³/mol. The van der Waals surface area contributed by atoms with E-state index in [0.717, 1.165) is 27.7 Å². The highest BCUT2D eigenvalue weighted by molar-refractivity contribution is 9.11. The minimum absolute atomic E-state index is 0.206. The summed E-state index contributed by atoms with van der Waals surface area (Å²) < 4.78 is 7.57. The van der Waals surface area contributed by atoms with Crippen molar-refractivity contribution in [3.05, 3.63) is 26.6 Å². The van der Waals surface area contributed by atoms with Crippen LogP contribution in [0.3, 0.4) is 0 Å². The van der Waals surface area contributed by atoms with E-state index in [1.807, 2.05) is 6.07 Å². The zero-order valence-corrected chi connectivity index (χ0v) is 16.5. The summed E-state index contributed by atoms with van der Waals surface area (Å²) in [6.07, 6.45) is 1.16. The summed E-state index contributed by atoms with van der Waals surface area (Å²) in [5.74, 6) is 0.927. The van der Waals surface area contributed by atoms with E-state index in [1.54, 1.807) is 7.11 Å². The lowest BCUT2D eigenvalue weighted by molar-refractivity contribution is -0.737. The van der Waals surface area contributed by atoms with Gasteiger partial charge in [0.05, 0.1) is 22.7 Å². The van der Waals surface area contributed by atoms with Gasteiger partial charge in [-0.2, -0.15) is 0 Å². The van der Waals surface area contributed by atoms with Gasteiger partial charge < -0.3 is 10.1 Å². The van der Waals surface area contributed by atoms with E-state index in [4.69, 9.17) is 4.74 Å². The molecule has 0 spiro atoms. The van der Waals surface area contributed by atoms with E-state index in [0.29, 0.717) is 5.41 Å². The second-order valence-corrected chi connectivity index (χ2v) is 8.98. The second-order valence-electron chi connectivity index (χ2n) is 7.21. The van der Waals surface area contributed by atoms with Crippen LogP contribution in [0.1, 0.15) is 46.6 Å². The number of ether oxygens (including phenoxy) is 1. The second kappa shape index (κ2) is 6.80. The third kappa shape index (κ3) is 5.74. The summed E-state index contributed by atoms with van der Waals surface area (Å²) in [7, 11) is 1.72. The van der Waals surface area contributed by atoms with Gasteiger partial charge in [-0.15, -0.1) is 0 Å². The molecule has 114 valence electrons. The van der Waals surface area contributed by atoms with Crippen molar-refractivity contribution < 1.29 is 10.1 Å². The van der Waals surface area contributed by atoms with Crippen molar-refractivity contribution in [3.63, 3.8) is 0 Å². The fourth-order valence-electron chi connectivity index (χ4n) is 2.82. The first kappa shape index (κ1) is 18.0. The molecule has 1 aromatic carbocycles. The summed E-state index contributed by atoms with van der Waals surface area (Å²) in [4.78, 5) is 0. The molecule has 0 aliphatic carbocycles. The normalized spacial score (nSPS) is 12.6. The fourth-order valence-corrected chi connectivity index (χ4v) is 4.29. The first-order valence-corrected chi connectivity index (χ1v) is 8.49. The molecule has 0 aliphatic heterocycles. The van der Waals surface area contributed by atoms with Gasteiger partial charge in [-0.1, -0.05) is 36.7 Å². The number of rotatable bonds is 5. The summed E-state index contributed by atoms with van der Waals surface area (Å²) in [6, 6.07) is 4.15. The van der Waals surface area contributed by atoms with Gasteiger partial charge >= 0.3 is 0 Å². The molecule has 1 aromatic rings. The molecular formula is C16H26Br2NO+. The van der Waals surface area contributed by atoms with Crippen LogP contribution in [-0.2, 0) is 6.54 Å². The molecule has 0 aromatic heterocycles. The lowest BCUT2D eigenvalue weighted by Gasteiger charge is -2.30. The molecule has 0 bridgehead atoms. The summed E-state index contributed by atoms with van der Waals surface area (Å²) >= 11 is 7.10. The van der Waals surface area contributed by atoms with Gasteiger partial charge in [-0.25, -0.2) is 0 Å². The lowest BCUT2D eigenvalue weighted by Crippen LogP contribution is -2.94.